The highest BCUT2D eigenvalue weighted by Crippen LogP contribution is 2.28. The molecule has 5 nitrogen and oxygen atoms in total. The van der Waals surface area contributed by atoms with Crippen LogP contribution in [0.1, 0.15) is 23.9 Å². The summed E-state index contributed by atoms with van der Waals surface area (Å²) in [4.78, 5) is 19.2. The quantitative estimate of drug-likeness (QED) is 0.709. The highest BCUT2D eigenvalue weighted by molar-refractivity contribution is 7.19. The molecule has 6 heteroatoms. The van der Waals surface area contributed by atoms with Crippen molar-refractivity contribution < 1.29 is 9.53 Å². The lowest BCUT2D eigenvalue weighted by Crippen LogP contribution is -2.24. The molecule has 1 N–H and O–H groups in total. The van der Waals surface area contributed by atoms with Crippen molar-refractivity contribution in [2.75, 3.05) is 13.1 Å². The molecule has 0 spiro atoms. The maximum absolute atomic E-state index is 11.0. The van der Waals surface area contributed by atoms with E-state index in [0.717, 1.165) is 37.5 Å². The second-order valence-electron chi connectivity index (χ2n) is 6.91. The van der Waals surface area contributed by atoms with Gasteiger partial charge in [0.25, 0.3) is 0 Å². The van der Waals surface area contributed by atoms with Crippen LogP contribution in [0.5, 0.6) is 5.75 Å². The first kappa shape index (κ1) is 17.9. The molecule has 140 valence electrons. The van der Waals surface area contributed by atoms with E-state index >= 15 is 0 Å². The lowest BCUT2D eigenvalue weighted by molar-refractivity contribution is -0.119. The zero-order valence-electron chi connectivity index (χ0n) is 15.4. The molecule has 1 amide bonds. The fourth-order valence-corrected chi connectivity index (χ4v) is 4.51. The van der Waals surface area contributed by atoms with Crippen molar-refractivity contribution in [1.82, 2.24) is 15.2 Å². The van der Waals surface area contributed by atoms with E-state index in [1.807, 2.05) is 23.5 Å². The molecular weight excluding hydrogens is 358 g/mol. The van der Waals surface area contributed by atoms with Crippen molar-refractivity contribution in [3.8, 4) is 5.75 Å². The number of hydrogen-bond acceptors (Lipinski definition) is 5. The summed E-state index contributed by atoms with van der Waals surface area (Å²) in [5.74, 6) is 0.759. The van der Waals surface area contributed by atoms with E-state index in [-0.39, 0.29) is 12.0 Å². The third kappa shape index (κ3) is 4.64. The molecule has 0 bridgehead atoms. The van der Waals surface area contributed by atoms with Gasteiger partial charge in [0.05, 0.1) is 12.2 Å². The van der Waals surface area contributed by atoms with Crippen LogP contribution in [0.3, 0.4) is 0 Å². The summed E-state index contributed by atoms with van der Waals surface area (Å²) < 4.78 is 7.51. The Balaban J connectivity index is 1.33. The average molecular weight is 382 g/mol. The molecule has 0 radical (unpaired) electrons. The van der Waals surface area contributed by atoms with E-state index in [9.17, 15) is 4.79 Å². The van der Waals surface area contributed by atoms with Crippen molar-refractivity contribution >= 4 is 27.3 Å². The van der Waals surface area contributed by atoms with E-state index in [1.54, 1.807) is 6.20 Å². The molecule has 4 rings (SSSR count). The molecule has 1 fully saturated rings. The predicted molar refractivity (Wildman–Crippen MR) is 108 cm³/mol. The van der Waals surface area contributed by atoms with Gasteiger partial charge >= 0.3 is 0 Å². The van der Waals surface area contributed by atoms with Gasteiger partial charge in [0.15, 0.2) is 0 Å². The summed E-state index contributed by atoms with van der Waals surface area (Å²) in [6.45, 7) is 4.88. The van der Waals surface area contributed by atoms with E-state index in [1.165, 1.54) is 21.9 Å². The van der Waals surface area contributed by atoms with Crippen LogP contribution in [-0.2, 0) is 17.9 Å². The van der Waals surface area contributed by atoms with Crippen LogP contribution in [-0.4, -0.2) is 35.0 Å². The van der Waals surface area contributed by atoms with Crippen molar-refractivity contribution in [2.24, 2.45) is 0 Å². The lowest BCUT2D eigenvalue weighted by atomic mass is 10.2. The van der Waals surface area contributed by atoms with Gasteiger partial charge in [0, 0.05) is 48.4 Å². The zero-order valence-corrected chi connectivity index (χ0v) is 16.2. The van der Waals surface area contributed by atoms with Crippen LogP contribution in [0.15, 0.2) is 48.7 Å². The van der Waals surface area contributed by atoms with Crippen molar-refractivity contribution in [2.45, 2.75) is 32.5 Å². The van der Waals surface area contributed by atoms with Gasteiger partial charge in [-0.3, -0.25) is 14.7 Å². The van der Waals surface area contributed by atoms with Gasteiger partial charge in [0.2, 0.25) is 5.91 Å². The zero-order chi connectivity index (χ0) is 18.6. The Labute approximate surface area is 163 Å². The standard InChI is InChI=1S/C21H23N3O2S/c1-15(25)23-12-17-11-18(6-8-22-17)26-19-7-9-24(13-19)14-20-10-16-4-2-3-5-21(16)27-20/h2-6,8,10-11,19H,7,9,12-14H2,1H3,(H,23,25). The lowest BCUT2D eigenvalue weighted by Gasteiger charge is -2.16. The molecular formula is C21H23N3O2S. The SMILES string of the molecule is CC(=O)NCc1cc(OC2CCN(Cc3cc4ccccc4s3)C2)ccn1. The fourth-order valence-electron chi connectivity index (χ4n) is 3.41. The molecule has 1 atom stereocenters. The monoisotopic (exact) mass is 381 g/mol. The predicted octanol–water partition coefficient (Wildman–Crippen LogP) is 3.59. The number of fused-ring (bicyclic) bond motifs is 1. The van der Waals surface area contributed by atoms with Gasteiger partial charge in [-0.1, -0.05) is 18.2 Å². The van der Waals surface area contributed by atoms with E-state index < -0.39 is 0 Å². The normalized spacial score (nSPS) is 17.3. The Hall–Kier alpha value is -2.44. The second-order valence-corrected chi connectivity index (χ2v) is 8.08. The first-order chi connectivity index (χ1) is 13.2. The smallest absolute Gasteiger partial charge is 0.217 e. The van der Waals surface area contributed by atoms with Gasteiger partial charge in [-0.2, -0.15) is 0 Å². The number of carbonyl (C=O) groups is 1. The van der Waals surface area contributed by atoms with E-state index in [4.69, 9.17) is 4.74 Å². The fraction of sp³-hybridized carbons (Fsp3) is 0.333. The molecule has 1 aromatic carbocycles. The molecule has 0 saturated carbocycles. The van der Waals surface area contributed by atoms with E-state index in [0.29, 0.717) is 6.54 Å². The number of likely N-dealkylation sites (tertiary alicyclic amines) is 1. The first-order valence-electron chi connectivity index (χ1n) is 9.21. The minimum atomic E-state index is -0.0594. The summed E-state index contributed by atoms with van der Waals surface area (Å²) in [6, 6.07) is 14.6. The number of nitrogens with zero attached hydrogens (tertiary/aromatic N) is 2. The summed E-state index contributed by atoms with van der Waals surface area (Å²) in [6.07, 6.45) is 2.94. The highest BCUT2D eigenvalue weighted by atomic mass is 32.1. The molecule has 1 aliphatic heterocycles. The largest absolute Gasteiger partial charge is 0.489 e. The van der Waals surface area contributed by atoms with Crippen LogP contribution in [0.25, 0.3) is 10.1 Å². The van der Waals surface area contributed by atoms with Crippen LogP contribution in [0.2, 0.25) is 0 Å². The minimum absolute atomic E-state index is 0.0594. The Morgan fingerprint density at radius 2 is 2.22 bits per heavy atom. The van der Waals surface area contributed by atoms with Gasteiger partial charge in [0.1, 0.15) is 11.9 Å². The second kappa shape index (κ2) is 8.06. The van der Waals surface area contributed by atoms with Crippen LogP contribution < -0.4 is 10.1 Å². The molecule has 27 heavy (non-hydrogen) atoms. The number of pyridine rings is 1. The number of aromatic nitrogens is 1. The topological polar surface area (TPSA) is 54.5 Å². The number of thiophene rings is 1. The number of ether oxygens (including phenoxy) is 1. The van der Waals surface area contributed by atoms with Crippen LogP contribution in [0.4, 0.5) is 0 Å². The molecule has 1 saturated heterocycles. The summed E-state index contributed by atoms with van der Waals surface area (Å²) in [7, 11) is 0. The Morgan fingerprint density at radius 1 is 1.33 bits per heavy atom. The molecule has 1 unspecified atom stereocenters. The molecule has 1 aliphatic rings. The molecule has 3 heterocycles. The third-order valence-corrected chi connectivity index (χ3v) is 5.80. The van der Waals surface area contributed by atoms with Gasteiger partial charge in [-0.15, -0.1) is 11.3 Å². The third-order valence-electron chi connectivity index (χ3n) is 4.69. The number of hydrogen-bond donors (Lipinski definition) is 1. The summed E-state index contributed by atoms with van der Waals surface area (Å²) in [5, 5.41) is 4.09. The molecule has 0 aliphatic carbocycles. The van der Waals surface area contributed by atoms with Gasteiger partial charge in [-0.25, -0.2) is 0 Å². The summed E-state index contributed by atoms with van der Waals surface area (Å²) in [5.41, 5.74) is 0.808. The first-order valence-corrected chi connectivity index (χ1v) is 10.0. The van der Waals surface area contributed by atoms with E-state index in [2.05, 4.69) is 45.5 Å². The Morgan fingerprint density at radius 3 is 3.07 bits per heavy atom. The van der Waals surface area contributed by atoms with Gasteiger partial charge < -0.3 is 10.1 Å². The van der Waals surface area contributed by atoms with Crippen molar-refractivity contribution in [3.05, 3.63) is 59.2 Å². The highest BCUT2D eigenvalue weighted by Gasteiger charge is 2.24. The maximum Gasteiger partial charge on any atom is 0.217 e. The number of rotatable bonds is 6. The average Bonchev–Trinajstić information content (AvgIpc) is 3.26. The Kier molecular flexibility index (Phi) is 5.36. The summed E-state index contributed by atoms with van der Waals surface area (Å²) >= 11 is 1.87. The minimum Gasteiger partial charge on any atom is -0.489 e. The van der Waals surface area contributed by atoms with Crippen LogP contribution in [0, 0.1) is 0 Å². The molecule has 3 aromatic rings. The Bertz CT molecular complexity index is 907. The number of amides is 1. The molecule has 2 aromatic heterocycles. The maximum atomic E-state index is 11.0. The van der Waals surface area contributed by atoms with Crippen LogP contribution >= 0.6 is 11.3 Å². The number of carbonyl (C=O) groups excluding carboxylic acids is 1. The van der Waals surface area contributed by atoms with Crippen molar-refractivity contribution in [3.63, 3.8) is 0 Å². The number of nitrogens with one attached hydrogen (secondary N) is 1. The van der Waals surface area contributed by atoms with Gasteiger partial charge in [-0.05, 0) is 30.0 Å². The van der Waals surface area contributed by atoms with Crippen molar-refractivity contribution in [1.29, 1.82) is 0 Å². The number of benzene rings is 1.